The van der Waals surface area contributed by atoms with Crippen LogP contribution < -0.4 is 10.6 Å². The third-order valence-corrected chi connectivity index (χ3v) is 3.78. The second-order valence-corrected chi connectivity index (χ2v) is 5.60. The summed E-state index contributed by atoms with van der Waals surface area (Å²) in [7, 11) is 0. The molecule has 1 aromatic carbocycles. The van der Waals surface area contributed by atoms with E-state index in [0.717, 1.165) is 16.9 Å². The van der Waals surface area contributed by atoms with Crippen molar-refractivity contribution in [3.63, 3.8) is 0 Å². The maximum absolute atomic E-state index is 12.4. The van der Waals surface area contributed by atoms with Crippen molar-refractivity contribution in [3.8, 4) is 11.4 Å². The van der Waals surface area contributed by atoms with Crippen LogP contribution in [0.4, 0.5) is 5.69 Å². The summed E-state index contributed by atoms with van der Waals surface area (Å²) < 4.78 is 5.51. The number of hydrogen-bond donors (Lipinski definition) is 2. The van der Waals surface area contributed by atoms with E-state index in [4.69, 9.17) is 4.74 Å². The molecular formula is C17H21ClN4O2. The molecule has 0 unspecified atom stereocenters. The minimum atomic E-state index is -0.345. The molecule has 2 N–H and O–H groups in total. The lowest BCUT2D eigenvalue weighted by atomic mass is 10.1. The highest BCUT2D eigenvalue weighted by Gasteiger charge is 2.28. The van der Waals surface area contributed by atoms with E-state index in [1.54, 1.807) is 6.20 Å². The highest BCUT2D eigenvalue weighted by Crippen LogP contribution is 2.20. The molecule has 24 heavy (non-hydrogen) atoms. The minimum absolute atomic E-state index is 0. The van der Waals surface area contributed by atoms with Crippen LogP contribution in [0, 0.1) is 6.92 Å². The van der Waals surface area contributed by atoms with Crippen LogP contribution in [-0.4, -0.2) is 41.2 Å². The zero-order valence-electron chi connectivity index (χ0n) is 13.7. The summed E-state index contributed by atoms with van der Waals surface area (Å²) in [5, 5.41) is 6.11. The number of halogens is 1. The predicted molar refractivity (Wildman–Crippen MR) is 95.3 cm³/mol. The Morgan fingerprint density at radius 3 is 2.96 bits per heavy atom. The summed E-state index contributed by atoms with van der Waals surface area (Å²) in [6.07, 6.45) is 1.58. The lowest BCUT2D eigenvalue weighted by Crippen LogP contribution is -2.53. The van der Waals surface area contributed by atoms with E-state index >= 15 is 0 Å². The van der Waals surface area contributed by atoms with Crippen LogP contribution in [0.2, 0.25) is 0 Å². The predicted octanol–water partition coefficient (Wildman–Crippen LogP) is 2.19. The first-order valence-corrected chi connectivity index (χ1v) is 7.69. The Kier molecular flexibility index (Phi) is 6.25. The average Bonchev–Trinajstić information content (AvgIpc) is 2.55. The van der Waals surface area contributed by atoms with Crippen molar-refractivity contribution in [3.05, 3.63) is 42.2 Å². The van der Waals surface area contributed by atoms with Gasteiger partial charge in [0, 0.05) is 29.7 Å². The van der Waals surface area contributed by atoms with Gasteiger partial charge in [-0.2, -0.15) is 0 Å². The normalized spacial score (nSPS) is 20.1. The quantitative estimate of drug-likeness (QED) is 0.889. The van der Waals surface area contributed by atoms with Gasteiger partial charge in [0.05, 0.1) is 12.7 Å². The van der Waals surface area contributed by atoms with Gasteiger partial charge in [-0.15, -0.1) is 12.4 Å². The Labute approximate surface area is 147 Å². The van der Waals surface area contributed by atoms with E-state index in [9.17, 15) is 4.79 Å². The van der Waals surface area contributed by atoms with Gasteiger partial charge in [0.15, 0.2) is 5.82 Å². The Morgan fingerprint density at radius 1 is 1.38 bits per heavy atom. The average molecular weight is 349 g/mol. The van der Waals surface area contributed by atoms with Crippen molar-refractivity contribution >= 4 is 24.0 Å². The molecule has 0 bridgehead atoms. The standard InChI is InChI=1S/C17H20N4O2.ClH/c1-11-6-7-19-16(20-11)13-4-3-5-14(10-13)21-17(22)15-12(2)23-9-8-18-15;/h3-7,10,12,15,18H,8-9H2,1-2H3,(H,21,22);1H/t12-,15+;/m1./s1. The zero-order valence-corrected chi connectivity index (χ0v) is 14.5. The smallest absolute Gasteiger partial charge is 0.244 e. The van der Waals surface area contributed by atoms with Gasteiger partial charge in [-0.05, 0) is 32.0 Å². The number of aromatic nitrogens is 2. The van der Waals surface area contributed by atoms with Crippen molar-refractivity contribution < 1.29 is 9.53 Å². The number of amides is 1. The SMILES string of the molecule is Cc1ccnc(-c2cccc(NC(=O)[C@H]3NCCO[C@@H]3C)c2)n1.Cl. The van der Waals surface area contributed by atoms with Crippen LogP contribution >= 0.6 is 12.4 Å². The molecule has 7 heteroatoms. The van der Waals surface area contributed by atoms with Crippen LogP contribution in [0.1, 0.15) is 12.6 Å². The van der Waals surface area contributed by atoms with E-state index in [2.05, 4.69) is 20.6 Å². The van der Waals surface area contributed by atoms with Gasteiger partial charge in [0.2, 0.25) is 5.91 Å². The van der Waals surface area contributed by atoms with Crippen LogP contribution in [-0.2, 0) is 9.53 Å². The Hall–Kier alpha value is -2.02. The topological polar surface area (TPSA) is 76.1 Å². The fourth-order valence-electron chi connectivity index (χ4n) is 2.57. The Bertz CT molecular complexity index is 710. The van der Waals surface area contributed by atoms with Gasteiger partial charge in [-0.25, -0.2) is 9.97 Å². The highest BCUT2D eigenvalue weighted by molar-refractivity contribution is 5.95. The summed E-state index contributed by atoms with van der Waals surface area (Å²) in [4.78, 5) is 21.1. The van der Waals surface area contributed by atoms with Crippen LogP contribution in [0.3, 0.4) is 0 Å². The first-order valence-electron chi connectivity index (χ1n) is 7.69. The van der Waals surface area contributed by atoms with Crippen molar-refractivity contribution in [1.29, 1.82) is 0 Å². The maximum atomic E-state index is 12.4. The Balaban J connectivity index is 0.00000208. The molecule has 1 aliphatic rings. The van der Waals surface area contributed by atoms with Crippen LogP contribution in [0.5, 0.6) is 0 Å². The van der Waals surface area contributed by atoms with E-state index in [1.165, 1.54) is 0 Å². The lowest BCUT2D eigenvalue weighted by Gasteiger charge is -2.29. The molecular weight excluding hydrogens is 328 g/mol. The van der Waals surface area contributed by atoms with Gasteiger partial charge >= 0.3 is 0 Å². The maximum Gasteiger partial charge on any atom is 0.244 e. The number of nitrogens with zero attached hydrogens (tertiary/aromatic N) is 2. The number of aryl methyl sites for hydroxylation is 1. The molecule has 1 fully saturated rings. The molecule has 1 aromatic heterocycles. The van der Waals surface area contributed by atoms with Gasteiger partial charge in [-0.3, -0.25) is 4.79 Å². The molecule has 0 aliphatic carbocycles. The number of rotatable bonds is 3. The summed E-state index contributed by atoms with van der Waals surface area (Å²) in [6, 6.07) is 9.04. The summed E-state index contributed by atoms with van der Waals surface area (Å²) in [5.74, 6) is 0.549. The van der Waals surface area contributed by atoms with E-state index < -0.39 is 0 Å². The molecule has 0 spiro atoms. The molecule has 1 aliphatic heterocycles. The number of anilines is 1. The largest absolute Gasteiger partial charge is 0.375 e. The molecule has 3 rings (SSSR count). The monoisotopic (exact) mass is 348 g/mol. The molecule has 2 atom stereocenters. The lowest BCUT2D eigenvalue weighted by molar-refractivity contribution is -0.123. The summed E-state index contributed by atoms with van der Waals surface area (Å²) in [6.45, 7) is 5.13. The van der Waals surface area contributed by atoms with Crippen LogP contribution in [0.25, 0.3) is 11.4 Å². The van der Waals surface area contributed by atoms with E-state index in [1.807, 2.05) is 44.2 Å². The number of hydrogen-bond acceptors (Lipinski definition) is 5. The molecule has 1 saturated heterocycles. The molecule has 2 heterocycles. The first-order chi connectivity index (χ1) is 11.1. The number of ether oxygens (including phenoxy) is 1. The Morgan fingerprint density at radius 2 is 2.21 bits per heavy atom. The van der Waals surface area contributed by atoms with Crippen molar-refractivity contribution in [2.75, 3.05) is 18.5 Å². The number of benzene rings is 1. The third-order valence-electron chi connectivity index (χ3n) is 3.78. The number of nitrogens with one attached hydrogen (secondary N) is 2. The van der Waals surface area contributed by atoms with Crippen molar-refractivity contribution in [2.45, 2.75) is 26.0 Å². The van der Waals surface area contributed by atoms with Gasteiger partial charge < -0.3 is 15.4 Å². The molecule has 128 valence electrons. The molecule has 0 saturated carbocycles. The summed E-state index contributed by atoms with van der Waals surface area (Å²) >= 11 is 0. The van der Waals surface area contributed by atoms with Gasteiger partial charge in [0.25, 0.3) is 0 Å². The van der Waals surface area contributed by atoms with Crippen molar-refractivity contribution in [1.82, 2.24) is 15.3 Å². The fraction of sp³-hybridized carbons (Fsp3) is 0.353. The van der Waals surface area contributed by atoms with Crippen molar-refractivity contribution in [2.24, 2.45) is 0 Å². The fourth-order valence-corrected chi connectivity index (χ4v) is 2.57. The third kappa shape index (κ3) is 4.29. The first kappa shape index (κ1) is 18.3. The second-order valence-electron chi connectivity index (χ2n) is 5.60. The molecule has 1 amide bonds. The second kappa shape index (κ2) is 8.19. The number of carbonyl (C=O) groups excluding carboxylic acids is 1. The zero-order chi connectivity index (χ0) is 16.2. The minimum Gasteiger partial charge on any atom is -0.375 e. The number of carbonyl (C=O) groups is 1. The van der Waals surface area contributed by atoms with E-state index in [-0.39, 0.29) is 30.5 Å². The molecule has 0 radical (unpaired) electrons. The molecule has 2 aromatic rings. The highest BCUT2D eigenvalue weighted by atomic mass is 35.5. The van der Waals surface area contributed by atoms with Crippen LogP contribution in [0.15, 0.2) is 36.5 Å². The molecule has 6 nitrogen and oxygen atoms in total. The van der Waals surface area contributed by atoms with E-state index in [0.29, 0.717) is 19.0 Å². The summed E-state index contributed by atoms with van der Waals surface area (Å²) in [5.41, 5.74) is 2.49. The van der Waals surface area contributed by atoms with Gasteiger partial charge in [-0.1, -0.05) is 12.1 Å². The van der Waals surface area contributed by atoms with Gasteiger partial charge in [0.1, 0.15) is 6.04 Å². The number of morpholine rings is 1.